The average Bonchev–Trinajstić information content (AvgIpc) is 3.58. The van der Waals surface area contributed by atoms with Crippen molar-refractivity contribution in [3.8, 4) is 22.3 Å². The van der Waals surface area contributed by atoms with Crippen LogP contribution in [-0.4, -0.2) is 48.3 Å². The van der Waals surface area contributed by atoms with Crippen LogP contribution in [0.1, 0.15) is 72.6 Å². The van der Waals surface area contributed by atoms with Crippen LogP contribution < -0.4 is 20.1 Å². The van der Waals surface area contributed by atoms with Gasteiger partial charge in [0.05, 0.1) is 11.4 Å². The van der Waals surface area contributed by atoms with Crippen molar-refractivity contribution in [2.75, 3.05) is 26.2 Å². The predicted molar refractivity (Wildman–Crippen MR) is 194 cm³/mol. The number of amides is 2. The van der Waals surface area contributed by atoms with Crippen LogP contribution in [-0.2, 0) is 9.59 Å². The third kappa shape index (κ3) is 11.0. The van der Waals surface area contributed by atoms with Gasteiger partial charge in [-0.25, -0.2) is 0 Å². The molecule has 0 radical (unpaired) electrons. The lowest BCUT2D eigenvalue weighted by atomic mass is 10.0. The first-order chi connectivity index (χ1) is 23.1. The molecule has 4 aromatic rings. The second-order valence-corrected chi connectivity index (χ2v) is 13.8. The topological polar surface area (TPSA) is 134 Å². The Morgan fingerprint density at radius 2 is 1.02 bits per heavy atom. The fourth-order valence-corrected chi connectivity index (χ4v) is 6.94. The van der Waals surface area contributed by atoms with Gasteiger partial charge in [0.1, 0.15) is 11.5 Å². The third-order valence-corrected chi connectivity index (χ3v) is 10.1. The van der Waals surface area contributed by atoms with E-state index < -0.39 is 0 Å². The van der Waals surface area contributed by atoms with Crippen LogP contribution in [0.25, 0.3) is 22.3 Å². The molecule has 2 aromatic heterocycles. The molecule has 0 saturated heterocycles. The summed E-state index contributed by atoms with van der Waals surface area (Å²) in [5, 5.41) is 14.1. The molecular weight excluding hydrogens is 645 g/mol. The molecule has 0 saturated carbocycles. The number of benzene rings is 2. The molecule has 4 N–H and O–H groups in total. The summed E-state index contributed by atoms with van der Waals surface area (Å²) in [6, 6.07) is 12.7. The van der Waals surface area contributed by atoms with Crippen LogP contribution in [0.15, 0.2) is 55.2 Å². The highest BCUT2D eigenvalue weighted by atomic mass is 32.2. The number of nitrogens with one attached hydrogen (secondary N) is 4. The lowest BCUT2D eigenvalue weighted by Crippen LogP contribution is -2.29. The smallest absolute Gasteiger partial charge is 0.220 e. The van der Waals surface area contributed by atoms with Gasteiger partial charge in [-0.1, -0.05) is 47.4 Å². The molecule has 0 atom stereocenters. The summed E-state index contributed by atoms with van der Waals surface area (Å²) in [4.78, 5) is 26.8. The Balaban J connectivity index is 0.998. The molecule has 0 unspecified atom stereocenters. The van der Waals surface area contributed by atoms with Crippen molar-refractivity contribution in [3.63, 3.8) is 0 Å². The molecule has 0 aliphatic rings. The number of nitrogens with zero attached hydrogens (tertiary/aromatic N) is 2. The number of rotatable bonds is 19. The number of aryl methyl sites for hydroxylation is 6. The van der Waals surface area contributed by atoms with E-state index in [1.54, 1.807) is 23.9 Å². The molecule has 2 heterocycles. The van der Waals surface area contributed by atoms with E-state index in [1.165, 1.54) is 11.1 Å². The van der Waals surface area contributed by atoms with E-state index in [9.17, 15) is 9.59 Å². The highest BCUT2D eigenvalue weighted by Crippen LogP contribution is 2.32. The highest BCUT2D eigenvalue weighted by molar-refractivity contribution is 7.97. The van der Waals surface area contributed by atoms with Gasteiger partial charge >= 0.3 is 0 Å². The largest absolute Gasteiger partial charge is 0.361 e. The van der Waals surface area contributed by atoms with Crippen LogP contribution in [0.4, 0.5) is 0 Å². The first kappa shape index (κ1) is 37.2. The Hall–Kier alpha value is -3.58. The minimum absolute atomic E-state index is 0.0622. The molecule has 0 spiro atoms. The third-order valence-electron chi connectivity index (χ3n) is 8.04. The maximum Gasteiger partial charge on any atom is 0.220 e. The van der Waals surface area contributed by atoms with Gasteiger partial charge in [0.15, 0.2) is 0 Å². The number of unbranched alkanes of at least 4 members (excludes halogenated alkanes) is 3. The first-order valence-electron chi connectivity index (χ1n) is 16.5. The molecule has 2 amide bonds. The average molecular weight is 693 g/mol. The zero-order valence-electron chi connectivity index (χ0n) is 28.9. The van der Waals surface area contributed by atoms with Crippen LogP contribution >= 0.6 is 23.9 Å². The molecule has 258 valence electrons. The number of carbonyl (C=O) groups is 2. The van der Waals surface area contributed by atoms with Crippen molar-refractivity contribution in [3.05, 3.63) is 70.4 Å². The van der Waals surface area contributed by atoms with E-state index >= 15 is 0 Å². The van der Waals surface area contributed by atoms with Gasteiger partial charge < -0.3 is 19.7 Å². The minimum atomic E-state index is 0.0622. The van der Waals surface area contributed by atoms with E-state index in [-0.39, 0.29) is 11.8 Å². The van der Waals surface area contributed by atoms with Gasteiger partial charge in [-0.3, -0.25) is 19.0 Å². The van der Waals surface area contributed by atoms with Crippen LogP contribution in [0.3, 0.4) is 0 Å². The Morgan fingerprint density at radius 1 is 0.604 bits per heavy atom. The summed E-state index contributed by atoms with van der Waals surface area (Å²) in [5.41, 5.74) is 8.36. The van der Waals surface area contributed by atoms with Gasteiger partial charge in [0.25, 0.3) is 0 Å². The molecule has 0 aliphatic heterocycles. The Labute approximate surface area is 292 Å². The quantitative estimate of drug-likeness (QED) is 0.0585. The van der Waals surface area contributed by atoms with E-state index in [2.05, 4.69) is 80.6 Å². The van der Waals surface area contributed by atoms with E-state index in [4.69, 9.17) is 9.05 Å². The Kier molecular flexibility index (Phi) is 14.6. The van der Waals surface area contributed by atoms with Crippen molar-refractivity contribution < 1.29 is 18.6 Å². The first-order valence-corrected chi connectivity index (χ1v) is 18.2. The summed E-state index contributed by atoms with van der Waals surface area (Å²) in [5.74, 6) is 1.75. The number of hydrogen-bond acceptors (Lipinski definition) is 10. The molecule has 10 nitrogen and oxygen atoms in total. The lowest BCUT2D eigenvalue weighted by molar-refractivity contribution is -0.122. The van der Waals surface area contributed by atoms with Gasteiger partial charge in [-0.2, -0.15) is 0 Å². The molecule has 0 fully saturated rings. The molecule has 0 aliphatic carbocycles. The second-order valence-electron chi connectivity index (χ2n) is 12.0. The lowest BCUT2D eigenvalue weighted by Gasteiger charge is -2.10. The number of carbonyl (C=O) groups excluding carboxylic acids is 2. The van der Waals surface area contributed by atoms with Crippen molar-refractivity contribution in [2.45, 2.75) is 89.9 Å². The molecular formula is C36H48N6O4S2. The fraction of sp³-hybridized carbons (Fsp3) is 0.444. The predicted octanol–water partition coefficient (Wildman–Crippen LogP) is 7.31. The summed E-state index contributed by atoms with van der Waals surface area (Å²) in [6.07, 6.45) is 4.51. The molecule has 2 aromatic carbocycles. The van der Waals surface area contributed by atoms with Crippen molar-refractivity contribution in [1.82, 2.24) is 30.4 Å². The van der Waals surface area contributed by atoms with Crippen molar-refractivity contribution >= 4 is 35.7 Å². The minimum Gasteiger partial charge on any atom is -0.361 e. The van der Waals surface area contributed by atoms with Crippen LogP contribution in [0.2, 0.25) is 0 Å². The molecule has 12 heteroatoms. The van der Waals surface area contributed by atoms with E-state index in [0.717, 1.165) is 80.6 Å². The standard InChI is InChI=1S/C36H48N6O4S2/c1-23-13-15-29(35-25(3)41-45-27(35)5)21-31(23)47-39-19-17-37-33(43)11-9-7-8-10-12-34(44)38-18-20-40-48-32-22-30(16-14-24(32)2)36-26(4)42-46-28(36)6/h13-16,21-22,39-40H,7-12,17-20H2,1-6H3,(H,37,43)(H,38,44). The van der Waals surface area contributed by atoms with Gasteiger partial charge in [-0.05, 0) is 113 Å². The maximum atomic E-state index is 12.3. The van der Waals surface area contributed by atoms with Crippen molar-refractivity contribution in [1.29, 1.82) is 0 Å². The number of hydrogen-bond donors (Lipinski definition) is 4. The Bertz CT molecular complexity index is 1510. The SMILES string of the molecule is Cc1ccc(-c2c(C)noc2C)cc1SNCCNC(=O)CCCCCCC(=O)NCCNSc1cc(-c2c(C)noc2C)ccc1C. The van der Waals surface area contributed by atoms with E-state index in [0.29, 0.717) is 39.0 Å². The van der Waals surface area contributed by atoms with Gasteiger partial charge in [0.2, 0.25) is 11.8 Å². The van der Waals surface area contributed by atoms with E-state index in [1.807, 2.05) is 27.7 Å². The summed E-state index contributed by atoms with van der Waals surface area (Å²) >= 11 is 3.13. The van der Waals surface area contributed by atoms with Crippen LogP contribution in [0, 0.1) is 41.5 Å². The van der Waals surface area contributed by atoms with Crippen molar-refractivity contribution in [2.24, 2.45) is 0 Å². The Morgan fingerprint density at radius 3 is 1.40 bits per heavy atom. The molecule has 4 rings (SSSR count). The normalized spacial score (nSPS) is 11.2. The van der Waals surface area contributed by atoms with Crippen LogP contribution in [0.5, 0.6) is 0 Å². The second kappa shape index (κ2) is 18.8. The molecule has 0 bridgehead atoms. The summed E-state index contributed by atoms with van der Waals surface area (Å²) in [7, 11) is 0. The zero-order valence-corrected chi connectivity index (χ0v) is 30.5. The summed E-state index contributed by atoms with van der Waals surface area (Å²) < 4.78 is 17.4. The number of aromatic nitrogens is 2. The van der Waals surface area contributed by atoms with Gasteiger partial charge in [-0.15, -0.1) is 0 Å². The molecule has 48 heavy (non-hydrogen) atoms. The van der Waals surface area contributed by atoms with Gasteiger partial charge in [0, 0.05) is 59.9 Å². The fourth-order valence-electron chi connectivity index (χ4n) is 5.39. The monoisotopic (exact) mass is 692 g/mol. The highest BCUT2D eigenvalue weighted by Gasteiger charge is 2.14. The maximum absolute atomic E-state index is 12.3. The zero-order chi connectivity index (χ0) is 34.5. The summed E-state index contributed by atoms with van der Waals surface area (Å²) in [6.45, 7) is 14.4.